The summed E-state index contributed by atoms with van der Waals surface area (Å²) in [5.74, 6) is 0.795. The molecule has 2 fully saturated rings. The summed E-state index contributed by atoms with van der Waals surface area (Å²) in [6, 6.07) is 8.42. The van der Waals surface area contributed by atoms with Gasteiger partial charge in [0.25, 0.3) is 0 Å². The maximum Gasteiger partial charge on any atom is 0.226 e. The number of hydrogen-bond donors (Lipinski definition) is 0. The van der Waals surface area contributed by atoms with Gasteiger partial charge in [-0.1, -0.05) is 29.8 Å². The Kier molecular flexibility index (Phi) is 4.23. The van der Waals surface area contributed by atoms with Crippen LogP contribution in [-0.4, -0.2) is 48.9 Å². The first kappa shape index (κ1) is 14.9. The van der Waals surface area contributed by atoms with Gasteiger partial charge in [-0.2, -0.15) is 0 Å². The smallest absolute Gasteiger partial charge is 0.226 e. The number of benzene rings is 1. The molecule has 21 heavy (non-hydrogen) atoms. The van der Waals surface area contributed by atoms with E-state index in [4.69, 9.17) is 11.6 Å². The Labute approximate surface area is 131 Å². The van der Waals surface area contributed by atoms with E-state index in [2.05, 4.69) is 30.0 Å². The number of likely N-dealkylation sites (N-methyl/N-ethyl adjacent to an activating group) is 1. The fraction of sp³-hybridized carbons (Fsp3) is 0.588. The van der Waals surface area contributed by atoms with Crippen LogP contribution in [0, 0.1) is 5.92 Å². The van der Waals surface area contributed by atoms with Gasteiger partial charge in [-0.25, -0.2) is 0 Å². The Morgan fingerprint density at radius 1 is 1.33 bits per heavy atom. The lowest BCUT2D eigenvalue weighted by Gasteiger charge is -2.36. The highest BCUT2D eigenvalue weighted by atomic mass is 35.5. The van der Waals surface area contributed by atoms with Crippen molar-refractivity contribution in [1.29, 1.82) is 0 Å². The van der Waals surface area contributed by atoms with Gasteiger partial charge in [0.2, 0.25) is 5.91 Å². The van der Waals surface area contributed by atoms with Crippen molar-refractivity contribution in [3.05, 3.63) is 34.9 Å². The molecule has 3 atom stereocenters. The van der Waals surface area contributed by atoms with Gasteiger partial charge in [0, 0.05) is 30.1 Å². The van der Waals surface area contributed by atoms with Gasteiger partial charge in [0.15, 0.2) is 0 Å². The summed E-state index contributed by atoms with van der Waals surface area (Å²) in [7, 11) is 4.20. The van der Waals surface area contributed by atoms with Crippen molar-refractivity contribution in [3.8, 4) is 0 Å². The normalized spacial score (nSPS) is 28.8. The van der Waals surface area contributed by atoms with Crippen molar-refractivity contribution >= 4 is 17.5 Å². The van der Waals surface area contributed by atoms with Crippen molar-refractivity contribution in [2.75, 3.05) is 27.2 Å². The zero-order valence-corrected chi connectivity index (χ0v) is 13.5. The van der Waals surface area contributed by atoms with Crippen molar-refractivity contribution in [2.45, 2.75) is 31.2 Å². The molecule has 3 unspecified atom stereocenters. The number of amides is 1. The van der Waals surface area contributed by atoms with E-state index < -0.39 is 0 Å². The Hall–Kier alpha value is -1.06. The van der Waals surface area contributed by atoms with E-state index in [0.29, 0.717) is 17.9 Å². The third-order valence-corrected chi connectivity index (χ3v) is 5.20. The van der Waals surface area contributed by atoms with E-state index in [9.17, 15) is 4.79 Å². The van der Waals surface area contributed by atoms with Crippen LogP contribution < -0.4 is 0 Å². The summed E-state index contributed by atoms with van der Waals surface area (Å²) in [6.45, 7) is 1.78. The molecule has 1 heterocycles. The molecular formula is C17H23ClN2O. The SMILES string of the molecule is CN(C)C1CCCN(C(=O)C2CC2c2ccccc2Cl)C1. The van der Waals surface area contributed by atoms with Crippen LogP contribution in [0.2, 0.25) is 5.02 Å². The number of likely N-dealkylation sites (tertiary alicyclic amines) is 1. The Balaban J connectivity index is 1.64. The van der Waals surface area contributed by atoms with E-state index in [1.54, 1.807) is 0 Å². The van der Waals surface area contributed by atoms with Gasteiger partial charge in [-0.15, -0.1) is 0 Å². The van der Waals surface area contributed by atoms with E-state index in [-0.39, 0.29) is 5.92 Å². The molecule has 1 aromatic rings. The molecular weight excluding hydrogens is 284 g/mol. The monoisotopic (exact) mass is 306 g/mol. The Morgan fingerprint density at radius 3 is 2.81 bits per heavy atom. The number of nitrogens with zero attached hydrogens (tertiary/aromatic N) is 2. The fourth-order valence-electron chi connectivity index (χ4n) is 3.40. The second kappa shape index (κ2) is 5.98. The maximum atomic E-state index is 12.7. The van der Waals surface area contributed by atoms with Gasteiger partial charge >= 0.3 is 0 Å². The van der Waals surface area contributed by atoms with Gasteiger partial charge < -0.3 is 9.80 Å². The summed E-state index contributed by atoms with van der Waals surface area (Å²) in [6.07, 6.45) is 3.25. The molecule has 1 aromatic carbocycles. The number of halogens is 1. The number of piperidine rings is 1. The number of rotatable bonds is 3. The van der Waals surface area contributed by atoms with E-state index >= 15 is 0 Å². The highest BCUT2D eigenvalue weighted by molar-refractivity contribution is 6.31. The maximum absolute atomic E-state index is 12.7. The molecule has 1 aliphatic carbocycles. The van der Waals surface area contributed by atoms with Gasteiger partial charge in [0.1, 0.15) is 0 Å². The van der Waals surface area contributed by atoms with Crippen LogP contribution >= 0.6 is 11.6 Å². The third kappa shape index (κ3) is 3.09. The molecule has 1 aliphatic heterocycles. The van der Waals surface area contributed by atoms with E-state index in [0.717, 1.165) is 36.5 Å². The van der Waals surface area contributed by atoms with Crippen molar-refractivity contribution < 1.29 is 4.79 Å². The van der Waals surface area contributed by atoms with E-state index in [1.165, 1.54) is 6.42 Å². The predicted octanol–water partition coefficient (Wildman–Crippen LogP) is 3.00. The molecule has 4 heteroatoms. The average molecular weight is 307 g/mol. The minimum atomic E-state index is 0.144. The van der Waals surface area contributed by atoms with Crippen LogP contribution in [0.5, 0.6) is 0 Å². The Morgan fingerprint density at radius 2 is 2.10 bits per heavy atom. The molecule has 0 radical (unpaired) electrons. The Bertz CT molecular complexity index is 531. The standard InChI is InChI=1S/C17H23ClN2O/c1-19(2)12-6-5-9-20(11-12)17(21)15-10-14(15)13-7-3-4-8-16(13)18/h3-4,7-8,12,14-15H,5-6,9-11H2,1-2H3. The third-order valence-electron chi connectivity index (χ3n) is 4.85. The molecule has 1 saturated carbocycles. The summed E-state index contributed by atoms with van der Waals surface area (Å²) in [4.78, 5) is 17.0. The molecule has 1 saturated heterocycles. The molecule has 1 amide bonds. The highest BCUT2D eigenvalue weighted by Gasteiger charge is 2.47. The summed E-state index contributed by atoms with van der Waals surface area (Å²) in [5.41, 5.74) is 1.14. The fourth-order valence-corrected chi connectivity index (χ4v) is 3.67. The van der Waals surface area contributed by atoms with Gasteiger partial charge in [-0.3, -0.25) is 4.79 Å². The molecule has 2 aliphatic rings. The second-order valence-corrected chi connectivity index (χ2v) is 6.92. The largest absolute Gasteiger partial charge is 0.341 e. The minimum Gasteiger partial charge on any atom is -0.341 e. The van der Waals surface area contributed by atoms with Crippen molar-refractivity contribution in [3.63, 3.8) is 0 Å². The zero-order chi connectivity index (χ0) is 15.0. The van der Waals surface area contributed by atoms with Gasteiger partial charge in [-0.05, 0) is 50.9 Å². The van der Waals surface area contributed by atoms with Crippen molar-refractivity contribution in [1.82, 2.24) is 9.80 Å². The summed E-state index contributed by atoms with van der Waals surface area (Å²) in [5, 5.41) is 0.794. The molecule has 114 valence electrons. The predicted molar refractivity (Wildman–Crippen MR) is 85.6 cm³/mol. The molecule has 0 aromatic heterocycles. The van der Waals surface area contributed by atoms with Crippen molar-refractivity contribution in [2.24, 2.45) is 5.92 Å². The first-order valence-corrected chi connectivity index (χ1v) is 8.15. The number of hydrogen-bond acceptors (Lipinski definition) is 2. The average Bonchev–Trinajstić information content (AvgIpc) is 3.27. The summed E-state index contributed by atoms with van der Waals surface area (Å²) < 4.78 is 0. The lowest BCUT2D eigenvalue weighted by atomic mass is 10.0. The number of carbonyl (C=O) groups is 1. The van der Waals surface area contributed by atoms with Crippen LogP contribution in [-0.2, 0) is 4.79 Å². The van der Waals surface area contributed by atoms with E-state index in [1.807, 2.05) is 18.2 Å². The van der Waals surface area contributed by atoms with Crippen LogP contribution in [0.25, 0.3) is 0 Å². The van der Waals surface area contributed by atoms with Crippen LogP contribution in [0.1, 0.15) is 30.7 Å². The quantitative estimate of drug-likeness (QED) is 0.857. The molecule has 3 nitrogen and oxygen atoms in total. The zero-order valence-electron chi connectivity index (χ0n) is 12.8. The topological polar surface area (TPSA) is 23.6 Å². The number of carbonyl (C=O) groups excluding carboxylic acids is 1. The van der Waals surface area contributed by atoms with Crippen LogP contribution in [0.15, 0.2) is 24.3 Å². The van der Waals surface area contributed by atoms with Crippen LogP contribution in [0.4, 0.5) is 0 Å². The van der Waals surface area contributed by atoms with Gasteiger partial charge in [0.05, 0.1) is 0 Å². The highest BCUT2D eigenvalue weighted by Crippen LogP contribution is 2.50. The molecule has 0 spiro atoms. The molecule has 3 rings (SSSR count). The first-order valence-electron chi connectivity index (χ1n) is 7.77. The molecule has 0 bridgehead atoms. The lowest BCUT2D eigenvalue weighted by molar-refractivity contribution is -0.134. The molecule has 0 N–H and O–H groups in total. The lowest BCUT2D eigenvalue weighted by Crippen LogP contribution is -2.48. The second-order valence-electron chi connectivity index (χ2n) is 6.51. The minimum absolute atomic E-state index is 0.144. The first-order chi connectivity index (χ1) is 10.1. The van der Waals surface area contributed by atoms with Crippen LogP contribution in [0.3, 0.4) is 0 Å². The summed E-state index contributed by atoms with van der Waals surface area (Å²) >= 11 is 6.25.